The molecule has 0 saturated heterocycles. The summed E-state index contributed by atoms with van der Waals surface area (Å²) in [5, 5.41) is 2.05. The topological polar surface area (TPSA) is 9.23 Å². The molecule has 0 atom stereocenters. The number of thiophene rings is 1. The molecule has 0 aliphatic carbocycles. The minimum atomic E-state index is 0.814. The average molecular weight is 214 g/mol. The monoisotopic (exact) mass is 214 g/mol. The van der Waals surface area contributed by atoms with Crippen LogP contribution in [0.5, 0.6) is 5.75 Å². The van der Waals surface area contributed by atoms with Gasteiger partial charge in [0, 0.05) is 17.4 Å². The summed E-state index contributed by atoms with van der Waals surface area (Å²) in [7, 11) is 0. The first-order valence-electron chi connectivity index (χ1n) is 4.63. The SMILES string of the molecule is CC#COc1ccccc1-c1cccs1. The smallest absolute Gasteiger partial charge is 0.148 e. The summed E-state index contributed by atoms with van der Waals surface area (Å²) in [6.45, 7) is 1.76. The van der Waals surface area contributed by atoms with Crippen LogP contribution in [0.1, 0.15) is 6.92 Å². The van der Waals surface area contributed by atoms with Gasteiger partial charge in [0.25, 0.3) is 0 Å². The zero-order chi connectivity index (χ0) is 10.5. The number of benzene rings is 1. The van der Waals surface area contributed by atoms with Crippen molar-refractivity contribution in [3.05, 3.63) is 41.8 Å². The van der Waals surface area contributed by atoms with Crippen LogP contribution in [0.15, 0.2) is 41.8 Å². The van der Waals surface area contributed by atoms with E-state index in [0.29, 0.717) is 0 Å². The predicted molar refractivity (Wildman–Crippen MR) is 63.8 cm³/mol. The standard InChI is InChI=1S/C13H10OS/c1-2-9-14-12-7-4-3-6-11(12)13-8-5-10-15-13/h3-8,10H,1H3. The molecule has 74 valence electrons. The third-order valence-electron chi connectivity index (χ3n) is 1.94. The van der Waals surface area contributed by atoms with Crippen LogP contribution in [0.4, 0.5) is 0 Å². The second-order valence-electron chi connectivity index (χ2n) is 2.93. The van der Waals surface area contributed by atoms with Crippen molar-refractivity contribution in [1.29, 1.82) is 0 Å². The fourth-order valence-electron chi connectivity index (χ4n) is 1.30. The molecular weight excluding hydrogens is 204 g/mol. The van der Waals surface area contributed by atoms with Gasteiger partial charge in [0.05, 0.1) is 0 Å². The van der Waals surface area contributed by atoms with E-state index in [9.17, 15) is 0 Å². The third-order valence-corrected chi connectivity index (χ3v) is 2.84. The minimum Gasteiger partial charge on any atom is -0.407 e. The van der Waals surface area contributed by atoms with Crippen LogP contribution in [0.25, 0.3) is 10.4 Å². The van der Waals surface area contributed by atoms with Crippen LogP contribution in [0, 0.1) is 12.0 Å². The lowest BCUT2D eigenvalue weighted by Crippen LogP contribution is -1.85. The highest BCUT2D eigenvalue weighted by Gasteiger charge is 2.05. The van der Waals surface area contributed by atoms with Crippen molar-refractivity contribution < 1.29 is 4.74 Å². The summed E-state index contributed by atoms with van der Waals surface area (Å²) < 4.78 is 5.36. The molecule has 0 N–H and O–H groups in total. The Hall–Kier alpha value is -1.72. The van der Waals surface area contributed by atoms with E-state index in [1.165, 1.54) is 4.88 Å². The molecule has 1 heterocycles. The lowest BCUT2D eigenvalue weighted by molar-refractivity contribution is 0.521. The molecule has 1 aromatic carbocycles. The van der Waals surface area contributed by atoms with E-state index >= 15 is 0 Å². The van der Waals surface area contributed by atoms with Gasteiger partial charge in [-0.25, -0.2) is 0 Å². The molecule has 0 aliphatic rings. The lowest BCUT2D eigenvalue weighted by atomic mass is 10.2. The summed E-state index contributed by atoms with van der Waals surface area (Å²) >= 11 is 1.70. The van der Waals surface area contributed by atoms with Crippen molar-refractivity contribution in [2.24, 2.45) is 0 Å². The van der Waals surface area contributed by atoms with Gasteiger partial charge in [0.1, 0.15) is 11.9 Å². The van der Waals surface area contributed by atoms with Crippen molar-refractivity contribution >= 4 is 11.3 Å². The van der Waals surface area contributed by atoms with Gasteiger partial charge in [0.15, 0.2) is 0 Å². The molecule has 0 fully saturated rings. The number of para-hydroxylation sites is 1. The molecule has 2 heteroatoms. The predicted octanol–water partition coefficient (Wildman–Crippen LogP) is 3.77. The van der Waals surface area contributed by atoms with Crippen LogP contribution in [0.2, 0.25) is 0 Å². The minimum absolute atomic E-state index is 0.814. The van der Waals surface area contributed by atoms with Gasteiger partial charge >= 0.3 is 0 Å². The molecule has 0 saturated carbocycles. The van der Waals surface area contributed by atoms with E-state index in [1.54, 1.807) is 18.3 Å². The summed E-state index contributed by atoms with van der Waals surface area (Å²) in [6, 6.07) is 12.0. The van der Waals surface area contributed by atoms with Crippen molar-refractivity contribution in [3.8, 4) is 28.2 Å². The van der Waals surface area contributed by atoms with Gasteiger partial charge in [-0.15, -0.1) is 11.3 Å². The van der Waals surface area contributed by atoms with Gasteiger partial charge in [-0.3, -0.25) is 0 Å². The van der Waals surface area contributed by atoms with Crippen molar-refractivity contribution in [2.75, 3.05) is 0 Å². The maximum absolute atomic E-state index is 5.36. The Morgan fingerprint density at radius 1 is 1.13 bits per heavy atom. The largest absolute Gasteiger partial charge is 0.407 e. The molecule has 0 amide bonds. The Morgan fingerprint density at radius 3 is 2.73 bits per heavy atom. The van der Waals surface area contributed by atoms with Crippen molar-refractivity contribution in [2.45, 2.75) is 6.92 Å². The van der Waals surface area contributed by atoms with Gasteiger partial charge in [-0.1, -0.05) is 24.1 Å². The molecule has 1 nitrogen and oxygen atoms in total. The van der Waals surface area contributed by atoms with E-state index in [1.807, 2.05) is 30.3 Å². The van der Waals surface area contributed by atoms with Gasteiger partial charge in [-0.2, -0.15) is 0 Å². The molecule has 0 aliphatic heterocycles. The number of hydrogen-bond donors (Lipinski definition) is 0. The number of hydrogen-bond acceptors (Lipinski definition) is 2. The Bertz CT molecular complexity index is 489. The second-order valence-corrected chi connectivity index (χ2v) is 3.88. The Labute approximate surface area is 93.3 Å². The zero-order valence-corrected chi connectivity index (χ0v) is 9.17. The molecule has 0 spiro atoms. The van der Waals surface area contributed by atoms with E-state index in [-0.39, 0.29) is 0 Å². The van der Waals surface area contributed by atoms with Gasteiger partial charge in [0.2, 0.25) is 0 Å². The highest BCUT2D eigenvalue weighted by molar-refractivity contribution is 7.13. The summed E-state index contributed by atoms with van der Waals surface area (Å²) in [4.78, 5) is 1.20. The number of ether oxygens (including phenoxy) is 1. The zero-order valence-electron chi connectivity index (χ0n) is 8.36. The molecule has 2 aromatic rings. The first-order chi connectivity index (χ1) is 7.42. The van der Waals surface area contributed by atoms with Crippen LogP contribution in [-0.4, -0.2) is 0 Å². The summed E-state index contributed by atoms with van der Waals surface area (Å²) in [6.07, 6.45) is 2.62. The first kappa shape index (κ1) is 9.82. The van der Waals surface area contributed by atoms with Crippen LogP contribution >= 0.6 is 11.3 Å². The van der Waals surface area contributed by atoms with Gasteiger partial charge in [-0.05, 0) is 23.6 Å². The molecule has 0 radical (unpaired) electrons. The maximum atomic E-state index is 5.36. The molecule has 0 bridgehead atoms. The van der Waals surface area contributed by atoms with Crippen LogP contribution in [-0.2, 0) is 0 Å². The van der Waals surface area contributed by atoms with Crippen molar-refractivity contribution in [3.63, 3.8) is 0 Å². The van der Waals surface area contributed by atoms with E-state index in [2.05, 4.69) is 23.5 Å². The summed E-state index contributed by atoms with van der Waals surface area (Å²) in [5.74, 6) is 3.53. The maximum Gasteiger partial charge on any atom is 0.148 e. The first-order valence-corrected chi connectivity index (χ1v) is 5.51. The van der Waals surface area contributed by atoms with Crippen LogP contribution in [0.3, 0.4) is 0 Å². The highest BCUT2D eigenvalue weighted by atomic mass is 32.1. The highest BCUT2D eigenvalue weighted by Crippen LogP contribution is 2.32. The Kier molecular flexibility index (Phi) is 3.06. The normalized spacial score (nSPS) is 9.13. The number of rotatable bonds is 2. The van der Waals surface area contributed by atoms with E-state index in [0.717, 1.165) is 11.3 Å². The lowest BCUT2D eigenvalue weighted by Gasteiger charge is -2.03. The second kappa shape index (κ2) is 4.68. The van der Waals surface area contributed by atoms with E-state index in [4.69, 9.17) is 4.74 Å². The average Bonchev–Trinajstić information content (AvgIpc) is 2.80. The van der Waals surface area contributed by atoms with Crippen LogP contribution < -0.4 is 4.74 Å². The molecule has 1 aromatic heterocycles. The third kappa shape index (κ3) is 2.20. The molecule has 2 rings (SSSR count). The molecule has 15 heavy (non-hydrogen) atoms. The fourth-order valence-corrected chi connectivity index (χ4v) is 2.05. The Morgan fingerprint density at radius 2 is 2.00 bits per heavy atom. The van der Waals surface area contributed by atoms with Crippen molar-refractivity contribution in [1.82, 2.24) is 0 Å². The molecule has 0 unspecified atom stereocenters. The van der Waals surface area contributed by atoms with E-state index < -0.39 is 0 Å². The van der Waals surface area contributed by atoms with Gasteiger partial charge < -0.3 is 4.74 Å². The quantitative estimate of drug-likeness (QED) is 0.691. The Balaban J connectivity index is 2.41. The molecular formula is C13H10OS. The fraction of sp³-hybridized carbons (Fsp3) is 0.0769. The summed E-state index contributed by atoms with van der Waals surface area (Å²) in [5.41, 5.74) is 1.09.